The molecule has 0 spiro atoms. The largest absolute Gasteiger partial charge is 0.325 e. The van der Waals surface area contributed by atoms with Gasteiger partial charge in [-0.2, -0.15) is 4.31 Å². The Morgan fingerprint density at radius 1 is 1.04 bits per heavy atom. The lowest BCUT2D eigenvalue weighted by atomic mass is 10.0. The third-order valence-corrected chi connectivity index (χ3v) is 6.80. The van der Waals surface area contributed by atoms with E-state index in [0.717, 1.165) is 24.0 Å². The smallest absolute Gasteiger partial charge is 0.243 e. The number of hydrogen-bond acceptors (Lipinski definition) is 3. The van der Waals surface area contributed by atoms with Crippen molar-refractivity contribution in [1.82, 2.24) is 4.31 Å². The molecule has 0 saturated carbocycles. The van der Waals surface area contributed by atoms with Gasteiger partial charge in [0.2, 0.25) is 15.9 Å². The third-order valence-electron chi connectivity index (χ3n) is 4.88. The molecule has 1 aliphatic heterocycles. The summed E-state index contributed by atoms with van der Waals surface area (Å²) in [6, 6.07) is 13.3. The highest BCUT2D eigenvalue weighted by Crippen LogP contribution is 2.26. The highest BCUT2D eigenvalue weighted by atomic mass is 32.2. The van der Waals surface area contributed by atoms with Crippen LogP contribution in [0, 0.1) is 13.8 Å². The molecule has 0 radical (unpaired) electrons. The Balaban J connectivity index is 1.84. The molecule has 6 heteroatoms. The minimum Gasteiger partial charge on any atom is -0.325 e. The predicted molar refractivity (Wildman–Crippen MR) is 103 cm³/mol. The molecule has 1 amide bonds. The summed E-state index contributed by atoms with van der Waals surface area (Å²) in [7, 11) is -3.69. The van der Waals surface area contributed by atoms with E-state index in [-0.39, 0.29) is 10.8 Å². The van der Waals surface area contributed by atoms with Gasteiger partial charge in [0, 0.05) is 12.2 Å². The second-order valence-corrected chi connectivity index (χ2v) is 8.62. The molecule has 0 aliphatic carbocycles. The lowest BCUT2D eigenvalue weighted by Crippen LogP contribution is -2.49. The number of anilines is 1. The summed E-state index contributed by atoms with van der Waals surface area (Å²) in [5.74, 6) is -0.271. The van der Waals surface area contributed by atoms with Gasteiger partial charge in [0.05, 0.1) is 4.90 Å². The van der Waals surface area contributed by atoms with Crippen LogP contribution < -0.4 is 5.32 Å². The Bertz CT molecular complexity index is 895. The second kappa shape index (κ2) is 7.60. The molecule has 0 bridgehead atoms. The summed E-state index contributed by atoms with van der Waals surface area (Å²) in [6.07, 6.45) is 2.13. The van der Waals surface area contributed by atoms with Crippen molar-refractivity contribution in [3.8, 4) is 0 Å². The van der Waals surface area contributed by atoms with E-state index in [1.54, 1.807) is 30.3 Å². The van der Waals surface area contributed by atoms with Crippen LogP contribution in [0.2, 0.25) is 0 Å². The first-order valence-electron chi connectivity index (χ1n) is 8.84. The van der Waals surface area contributed by atoms with Crippen molar-refractivity contribution in [3.63, 3.8) is 0 Å². The van der Waals surface area contributed by atoms with Gasteiger partial charge in [-0.25, -0.2) is 8.42 Å². The topological polar surface area (TPSA) is 66.5 Å². The number of aryl methyl sites for hydroxylation is 2. The highest BCUT2D eigenvalue weighted by Gasteiger charge is 2.37. The van der Waals surface area contributed by atoms with Crippen LogP contribution in [-0.4, -0.2) is 31.2 Å². The molecular weight excluding hydrogens is 348 g/mol. The molecule has 3 rings (SSSR count). The van der Waals surface area contributed by atoms with Gasteiger partial charge < -0.3 is 5.32 Å². The monoisotopic (exact) mass is 372 g/mol. The number of rotatable bonds is 4. The van der Waals surface area contributed by atoms with Gasteiger partial charge in [-0.3, -0.25) is 4.79 Å². The molecule has 1 saturated heterocycles. The minimum atomic E-state index is -3.69. The standard InChI is InChI=1S/C20H24N2O3S/c1-15-11-12-17(14-16(15)2)21-20(23)19-10-6-7-13-22(19)26(24,25)18-8-4-3-5-9-18/h3-5,8-9,11-12,14,19H,6-7,10,13H2,1-2H3,(H,21,23)/t19-/m0/s1. The Labute approximate surface area is 155 Å². The molecule has 5 nitrogen and oxygen atoms in total. The lowest BCUT2D eigenvalue weighted by Gasteiger charge is -2.33. The lowest BCUT2D eigenvalue weighted by molar-refractivity contribution is -0.120. The number of carbonyl (C=O) groups is 1. The number of benzene rings is 2. The second-order valence-electron chi connectivity index (χ2n) is 6.73. The normalized spacial score (nSPS) is 18.5. The fourth-order valence-electron chi connectivity index (χ4n) is 3.23. The van der Waals surface area contributed by atoms with Crippen LogP contribution in [-0.2, 0) is 14.8 Å². The van der Waals surface area contributed by atoms with Gasteiger partial charge in [0.1, 0.15) is 6.04 Å². The number of piperidine rings is 1. The number of nitrogens with zero attached hydrogens (tertiary/aromatic N) is 1. The van der Waals surface area contributed by atoms with Crippen molar-refractivity contribution >= 4 is 21.6 Å². The fourth-order valence-corrected chi connectivity index (χ4v) is 4.90. The van der Waals surface area contributed by atoms with Gasteiger partial charge in [0.25, 0.3) is 0 Å². The number of carbonyl (C=O) groups excluding carboxylic acids is 1. The first-order chi connectivity index (χ1) is 12.4. The molecule has 1 fully saturated rings. The number of nitrogens with one attached hydrogen (secondary N) is 1. The zero-order chi connectivity index (χ0) is 18.7. The summed E-state index contributed by atoms with van der Waals surface area (Å²) in [4.78, 5) is 13.1. The fraction of sp³-hybridized carbons (Fsp3) is 0.350. The molecule has 1 N–H and O–H groups in total. The van der Waals surface area contributed by atoms with Crippen LogP contribution >= 0.6 is 0 Å². The molecular formula is C20H24N2O3S. The number of hydrogen-bond donors (Lipinski definition) is 1. The van der Waals surface area contributed by atoms with Gasteiger partial charge in [-0.05, 0) is 62.1 Å². The van der Waals surface area contributed by atoms with Crippen LogP contribution in [0.25, 0.3) is 0 Å². The number of sulfonamides is 1. The molecule has 2 aromatic rings. The zero-order valence-corrected chi connectivity index (χ0v) is 15.9. The average molecular weight is 372 g/mol. The van der Waals surface area contributed by atoms with Crippen molar-refractivity contribution in [2.45, 2.75) is 44.0 Å². The van der Waals surface area contributed by atoms with E-state index in [4.69, 9.17) is 0 Å². The van der Waals surface area contributed by atoms with Crippen molar-refractivity contribution < 1.29 is 13.2 Å². The summed E-state index contributed by atoms with van der Waals surface area (Å²) < 4.78 is 27.3. The predicted octanol–water partition coefficient (Wildman–Crippen LogP) is 3.49. The first kappa shape index (κ1) is 18.6. The van der Waals surface area contributed by atoms with Gasteiger partial charge in [-0.1, -0.05) is 30.7 Å². The Morgan fingerprint density at radius 3 is 2.46 bits per heavy atom. The Hall–Kier alpha value is -2.18. The molecule has 1 heterocycles. The van der Waals surface area contributed by atoms with Crippen LogP contribution in [0.3, 0.4) is 0 Å². The summed E-state index contributed by atoms with van der Waals surface area (Å²) in [5.41, 5.74) is 2.93. The van der Waals surface area contributed by atoms with E-state index in [1.165, 1.54) is 4.31 Å². The summed E-state index contributed by atoms with van der Waals surface area (Å²) in [5, 5.41) is 2.89. The Morgan fingerprint density at radius 2 is 1.77 bits per heavy atom. The highest BCUT2D eigenvalue weighted by molar-refractivity contribution is 7.89. The van der Waals surface area contributed by atoms with Gasteiger partial charge in [-0.15, -0.1) is 0 Å². The summed E-state index contributed by atoms with van der Waals surface area (Å²) in [6.45, 7) is 4.36. The quantitative estimate of drug-likeness (QED) is 0.893. The molecule has 1 atom stereocenters. The first-order valence-corrected chi connectivity index (χ1v) is 10.3. The number of amides is 1. The van der Waals surface area contributed by atoms with Crippen LogP contribution in [0.4, 0.5) is 5.69 Å². The van der Waals surface area contributed by atoms with E-state index >= 15 is 0 Å². The molecule has 1 aliphatic rings. The molecule has 26 heavy (non-hydrogen) atoms. The van der Waals surface area contributed by atoms with Crippen LogP contribution in [0.15, 0.2) is 53.4 Å². The molecule has 2 aromatic carbocycles. The van der Waals surface area contributed by atoms with E-state index in [9.17, 15) is 13.2 Å². The van der Waals surface area contributed by atoms with Gasteiger partial charge >= 0.3 is 0 Å². The van der Waals surface area contributed by atoms with Crippen LogP contribution in [0.5, 0.6) is 0 Å². The molecule has 0 unspecified atom stereocenters. The maximum atomic E-state index is 13.0. The SMILES string of the molecule is Cc1ccc(NC(=O)[C@@H]2CCCCN2S(=O)(=O)c2ccccc2)cc1C. The average Bonchev–Trinajstić information content (AvgIpc) is 2.65. The maximum Gasteiger partial charge on any atom is 0.243 e. The minimum absolute atomic E-state index is 0.228. The molecule has 138 valence electrons. The third kappa shape index (κ3) is 3.81. The van der Waals surface area contributed by atoms with Crippen molar-refractivity contribution in [3.05, 3.63) is 59.7 Å². The zero-order valence-electron chi connectivity index (χ0n) is 15.1. The van der Waals surface area contributed by atoms with E-state index in [2.05, 4.69) is 5.32 Å². The van der Waals surface area contributed by atoms with Crippen molar-refractivity contribution in [2.75, 3.05) is 11.9 Å². The van der Waals surface area contributed by atoms with Gasteiger partial charge in [0.15, 0.2) is 0 Å². The van der Waals surface area contributed by atoms with Crippen LogP contribution in [0.1, 0.15) is 30.4 Å². The van der Waals surface area contributed by atoms with Crippen molar-refractivity contribution in [1.29, 1.82) is 0 Å². The van der Waals surface area contributed by atoms with E-state index < -0.39 is 16.1 Å². The van der Waals surface area contributed by atoms with Crippen molar-refractivity contribution in [2.24, 2.45) is 0 Å². The molecule has 0 aromatic heterocycles. The summed E-state index contributed by atoms with van der Waals surface area (Å²) >= 11 is 0. The maximum absolute atomic E-state index is 13.0. The van der Waals surface area contributed by atoms with E-state index in [1.807, 2.05) is 32.0 Å². The van der Waals surface area contributed by atoms with E-state index in [0.29, 0.717) is 18.7 Å². The Kier molecular flexibility index (Phi) is 5.44.